The minimum Gasteiger partial charge on any atom is -0.393 e. The van der Waals surface area contributed by atoms with Crippen molar-refractivity contribution < 1.29 is 9.90 Å². The minimum atomic E-state index is -0.493. The fourth-order valence-electron chi connectivity index (χ4n) is 4.48. The van der Waals surface area contributed by atoms with Gasteiger partial charge in [-0.25, -0.2) is 4.98 Å². The molecule has 1 amide bonds. The lowest BCUT2D eigenvalue weighted by Crippen LogP contribution is -2.43. The highest BCUT2D eigenvalue weighted by molar-refractivity contribution is 5.96. The van der Waals surface area contributed by atoms with Crippen molar-refractivity contribution >= 4 is 11.7 Å². The molecule has 114 valence electrons. The molecule has 0 unspecified atom stereocenters. The van der Waals surface area contributed by atoms with Crippen molar-refractivity contribution in [3.8, 4) is 0 Å². The predicted octanol–water partition coefficient (Wildman–Crippen LogP) is 2.91. The number of rotatable bonds is 2. The van der Waals surface area contributed by atoms with Crippen molar-refractivity contribution in [3.05, 3.63) is 23.9 Å². The SMILES string of the molecule is Cc1cccc(NC(=O)[C@@]23CC[C@@](C)([C@@H](O)C2)C3(C)C)n1. The van der Waals surface area contributed by atoms with E-state index in [1.807, 2.05) is 25.1 Å². The van der Waals surface area contributed by atoms with Crippen molar-refractivity contribution in [2.24, 2.45) is 16.2 Å². The molecule has 0 spiro atoms. The largest absolute Gasteiger partial charge is 0.393 e. The van der Waals surface area contributed by atoms with Gasteiger partial charge < -0.3 is 10.4 Å². The number of carbonyl (C=O) groups is 1. The van der Waals surface area contributed by atoms with Crippen LogP contribution in [0.2, 0.25) is 0 Å². The maximum atomic E-state index is 12.9. The number of aromatic nitrogens is 1. The van der Waals surface area contributed by atoms with Crippen molar-refractivity contribution in [3.63, 3.8) is 0 Å². The zero-order valence-electron chi connectivity index (χ0n) is 13.2. The van der Waals surface area contributed by atoms with Gasteiger partial charge in [0.05, 0.1) is 11.5 Å². The molecule has 21 heavy (non-hydrogen) atoms. The van der Waals surface area contributed by atoms with E-state index in [-0.39, 0.29) is 16.7 Å². The van der Waals surface area contributed by atoms with Crippen LogP contribution in [0.1, 0.15) is 45.7 Å². The lowest BCUT2D eigenvalue weighted by molar-refractivity contribution is -0.130. The van der Waals surface area contributed by atoms with Crippen molar-refractivity contribution in [2.75, 3.05) is 5.32 Å². The number of anilines is 1. The molecule has 1 heterocycles. The van der Waals surface area contributed by atoms with Crippen molar-refractivity contribution in [2.45, 2.75) is 53.1 Å². The van der Waals surface area contributed by atoms with E-state index in [2.05, 4.69) is 31.1 Å². The van der Waals surface area contributed by atoms with Gasteiger partial charge in [0.25, 0.3) is 0 Å². The monoisotopic (exact) mass is 288 g/mol. The fourth-order valence-corrected chi connectivity index (χ4v) is 4.48. The number of amides is 1. The number of hydrogen-bond donors (Lipinski definition) is 2. The Morgan fingerprint density at radius 2 is 2.05 bits per heavy atom. The minimum absolute atomic E-state index is 0.00544. The molecular weight excluding hydrogens is 264 g/mol. The average molecular weight is 288 g/mol. The smallest absolute Gasteiger partial charge is 0.232 e. The van der Waals surface area contributed by atoms with Crippen molar-refractivity contribution in [1.29, 1.82) is 0 Å². The molecule has 4 nitrogen and oxygen atoms in total. The molecule has 2 bridgehead atoms. The van der Waals surface area contributed by atoms with Gasteiger partial charge in [0.2, 0.25) is 5.91 Å². The first-order chi connectivity index (χ1) is 9.73. The molecule has 3 atom stereocenters. The number of fused-ring (bicyclic) bond motifs is 2. The van der Waals surface area contributed by atoms with E-state index in [9.17, 15) is 9.90 Å². The van der Waals surface area contributed by atoms with Crippen LogP contribution >= 0.6 is 0 Å². The standard InChI is InChI=1S/C17H24N2O2/c1-11-6-5-7-13(18-11)19-14(21)17-9-8-16(4,12(20)10-17)15(17,2)3/h5-7,12,20H,8-10H2,1-4H3,(H,18,19,21)/t12-,16-,17+/m0/s1. The molecule has 0 aliphatic heterocycles. The van der Waals surface area contributed by atoms with Crippen LogP contribution in [0, 0.1) is 23.2 Å². The van der Waals surface area contributed by atoms with Gasteiger partial charge in [-0.05, 0) is 49.1 Å². The van der Waals surface area contributed by atoms with Crippen LogP contribution in [0.15, 0.2) is 18.2 Å². The van der Waals surface area contributed by atoms with Crippen LogP contribution in [-0.4, -0.2) is 22.1 Å². The molecule has 0 radical (unpaired) electrons. The van der Waals surface area contributed by atoms with E-state index in [1.165, 1.54) is 0 Å². The van der Waals surface area contributed by atoms with Gasteiger partial charge in [-0.15, -0.1) is 0 Å². The Morgan fingerprint density at radius 3 is 2.57 bits per heavy atom. The second-order valence-corrected chi connectivity index (χ2v) is 7.46. The van der Waals surface area contributed by atoms with Gasteiger partial charge in [-0.1, -0.05) is 26.8 Å². The number of aliphatic hydroxyl groups excluding tert-OH is 1. The highest BCUT2D eigenvalue weighted by atomic mass is 16.3. The molecule has 4 heteroatoms. The number of carbonyl (C=O) groups excluding carboxylic acids is 1. The van der Waals surface area contributed by atoms with E-state index >= 15 is 0 Å². The second kappa shape index (κ2) is 4.29. The summed E-state index contributed by atoms with van der Waals surface area (Å²) in [6, 6.07) is 5.61. The van der Waals surface area contributed by atoms with Gasteiger partial charge in [0.1, 0.15) is 5.82 Å². The van der Waals surface area contributed by atoms with E-state index in [0.29, 0.717) is 12.2 Å². The zero-order chi connectivity index (χ0) is 15.5. The molecule has 2 N–H and O–H groups in total. The maximum Gasteiger partial charge on any atom is 0.232 e. The topological polar surface area (TPSA) is 62.2 Å². The van der Waals surface area contributed by atoms with Crippen LogP contribution in [0.25, 0.3) is 0 Å². The van der Waals surface area contributed by atoms with Crippen LogP contribution < -0.4 is 5.32 Å². The average Bonchev–Trinajstić information content (AvgIpc) is 2.69. The third-order valence-electron chi connectivity index (χ3n) is 6.54. The fraction of sp³-hybridized carbons (Fsp3) is 0.647. The number of nitrogens with one attached hydrogen (secondary N) is 1. The molecule has 2 fully saturated rings. The molecule has 3 rings (SSSR count). The molecule has 2 aliphatic rings. The van der Waals surface area contributed by atoms with Crippen LogP contribution in [0.3, 0.4) is 0 Å². The lowest BCUT2D eigenvalue weighted by atomic mass is 9.64. The third-order valence-corrected chi connectivity index (χ3v) is 6.54. The number of aryl methyl sites for hydroxylation is 1. The molecule has 0 saturated heterocycles. The van der Waals surface area contributed by atoms with Crippen LogP contribution in [0.5, 0.6) is 0 Å². The molecule has 2 saturated carbocycles. The van der Waals surface area contributed by atoms with E-state index in [4.69, 9.17) is 0 Å². The number of pyridine rings is 1. The molecule has 1 aromatic rings. The zero-order valence-corrected chi connectivity index (χ0v) is 13.2. The highest BCUT2D eigenvalue weighted by Gasteiger charge is 2.72. The van der Waals surface area contributed by atoms with Gasteiger partial charge in [-0.3, -0.25) is 4.79 Å². The van der Waals surface area contributed by atoms with Crippen LogP contribution in [-0.2, 0) is 4.79 Å². The first-order valence-electron chi connectivity index (χ1n) is 7.66. The van der Waals surface area contributed by atoms with E-state index in [0.717, 1.165) is 18.5 Å². The Hall–Kier alpha value is -1.42. The molecular formula is C17H24N2O2. The summed E-state index contributed by atoms with van der Waals surface area (Å²) in [7, 11) is 0. The quantitative estimate of drug-likeness (QED) is 0.879. The normalized spacial score (nSPS) is 36.7. The summed E-state index contributed by atoms with van der Waals surface area (Å²) in [4.78, 5) is 17.3. The third kappa shape index (κ3) is 1.71. The Balaban J connectivity index is 1.91. The summed E-state index contributed by atoms with van der Waals surface area (Å²) in [5, 5.41) is 13.4. The Morgan fingerprint density at radius 1 is 1.33 bits per heavy atom. The maximum absolute atomic E-state index is 12.9. The summed E-state index contributed by atoms with van der Waals surface area (Å²) in [5.41, 5.74) is -0.00289. The Bertz CT molecular complexity index is 598. The first kappa shape index (κ1) is 14.5. The summed E-state index contributed by atoms with van der Waals surface area (Å²) in [6.07, 6.45) is 1.88. The Labute approximate surface area is 126 Å². The van der Waals surface area contributed by atoms with Gasteiger partial charge in [-0.2, -0.15) is 0 Å². The summed E-state index contributed by atoms with van der Waals surface area (Å²) < 4.78 is 0. The van der Waals surface area contributed by atoms with Crippen molar-refractivity contribution in [1.82, 2.24) is 4.98 Å². The number of nitrogens with zero attached hydrogens (tertiary/aromatic N) is 1. The van der Waals surface area contributed by atoms with E-state index in [1.54, 1.807) is 0 Å². The molecule has 2 aliphatic carbocycles. The predicted molar refractivity (Wildman–Crippen MR) is 81.8 cm³/mol. The second-order valence-electron chi connectivity index (χ2n) is 7.46. The number of hydrogen-bond acceptors (Lipinski definition) is 3. The number of aliphatic hydroxyl groups is 1. The molecule has 1 aromatic heterocycles. The van der Waals surface area contributed by atoms with Crippen LogP contribution in [0.4, 0.5) is 5.82 Å². The molecule has 0 aromatic carbocycles. The summed E-state index contributed by atoms with van der Waals surface area (Å²) >= 11 is 0. The summed E-state index contributed by atoms with van der Waals surface area (Å²) in [5.74, 6) is 0.603. The van der Waals surface area contributed by atoms with Gasteiger partial charge in [0, 0.05) is 5.69 Å². The van der Waals surface area contributed by atoms with Gasteiger partial charge >= 0.3 is 0 Å². The lowest BCUT2D eigenvalue weighted by Gasteiger charge is -2.40. The van der Waals surface area contributed by atoms with Gasteiger partial charge in [0.15, 0.2) is 0 Å². The Kier molecular flexibility index (Phi) is 2.97. The highest BCUT2D eigenvalue weighted by Crippen LogP contribution is 2.72. The van der Waals surface area contributed by atoms with E-state index < -0.39 is 11.5 Å². The summed E-state index contributed by atoms with van der Waals surface area (Å²) in [6.45, 7) is 8.27. The first-order valence-corrected chi connectivity index (χ1v) is 7.66.